The largest absolute Gasteiger partial charge is 0.312 e. The summed E-state index contributed by atoms with van der Waals surface area (Å²) in [5.41, 5.74) is 0. The molecule has 1 aromatic heterocycles. The Labute approximate surface area is 132 Å². The first-order valence-corrected chi connectivity index (χ1v) is 10.1. The zero-order chi connectivity index (χ0) is 15.3. The molecule has 1 atom stereocenters. The van der Waals surface area contributed by atoms with Crippen LogP contribution in [0.1, 0.15) is 44.4 Å². The Hall–Kier alpha value is -0.430. The molecule has 1 N–H and O–H groups in total. The summed E-state index contributed by atoms with van der Waals surface area (Å²) in [5.74, 6) is 0.627. The molecule has 0 amide bonds. The molecule has 1 aliphatic rings. The van der Waals surface area contributed by atoms with E-state index in [1.165, 1.54) is 11.3 Å². The van der Waals surface area contributed by atoms with Crippen molar-refractivity contribution in [2.75, 3.05) is 19.6 Å². The Morgan fingerprint density at radius 3 is 2.90 bits per heavy atom. The van der Waals surface area contributed by atoms with Crippen LogP contribution in [0.5, 0.6) is 0 Å². The molecule has 21 heavy (non-hydrogen) atoms. The third kappa shape index (κ3) is 4.52. The molecule has 1 fully saturated rings. The van der Waals surface area contributed by atoms with Crippen molar-refractivity contribution in [1.82, 2.24) is 9.62 Å². The van der Waals surface area contributed by atoms with Crippen LogP contribution in [0, 0.1) is 5.92 Å². The first-order chi connectivity index (χ1) is 10.0. The van der Waals surface area contributed by atoms with Crippen LogP contribution >= 0.6 is 11.3 Å². The Balaban J connectivity index is 2.05. The third-order valence-corrected chi connectivity index (χ3v) is 7.38. The lowest BCUT2D eigenvalue weighted by atomic mass is 10.0. The fourth-order valence-corrected chi connectivity index (χ4v) is 5.56. The lowest BCUT2D eigenvalue weighted by molar-refractivity contribution is 0.418. The van der Waals surface area contributed by atoms with E-state index in [4.69, 9.17) is 0 Å². The second-order valence-electron chi connectivity index (χ2n) is 5.84. The van der Waals surface area contributed by atoms with Crippen LogP contribution in [-0.4, -0.2) is 32.4 Å². The van der Waals surface area contributed by atoms with Gasteiger partial charge in [0.15, 0.2) is 0 Å². The highest BCUT2D eigenvalue weighted by Gasteiger charge is 2.27. The van der Waals surface area contributed by atoms with E-state index in [0.717, 1.165) is 43.6 Å². The van der Waals surface area contributed by atoms with Crippen LogP contribution in [0.3, 0.4) is 0 Å². The molecule has 120 valence electrons. The molecule has 0 bridgehead atoms. The maximum atomic E-state index is 12.7. The highest BCUT2D eigenvalue weighted by molar-refractivity contribution is 7.91. The van der Waals surface area contributed by atoms with Gasteiger partial charge in [0, 0.05) is 24.5 Å². The molecule has 0 saturated carbocycles. The van der Waals surface area contributed by atoms with Crippen molar-refractivity contribution in [3.8, 4) is 0 Å². The second kappa shape index (κ2) is 7.72. The molecule has 1 saturated heterocycles. The van der Waals surface area contributed by atoms with Gasteiger partial charge in [0.25, 0.3) is 10.0 Å². The summed E-state index contributed by atoms with van der Waals surface area (Å²) in [6.07, 6.45) is 4.15. The summed E-state index contributed by atoms with van der Waals surface area (Å²) in [5, 5.41) is 3.31. The summed E-state index contributed by atoms with van der Waals surface area (Å²) < 4.78 is 27.6. The van der Waals surface area contributed by atoms with Gasteiger partial charge < -0.3 is 5.32 Å². The summed E-state index contributed by atoms with van der Waals surface area (Å²) >= 11 is 1.40. The highest BCUT2D eigenvalue weighted by Crippen LogP contribution is 2.27. The first kappa shape index (κ1) is 16.9. The van der Waals surface area contributed by atoms with Crippen molar-refractivity contribution in [1.29, 1.82) is 0 Å². The number of nitrogens with one attached hydrogen (secondary N) is 1. The molecule has 0 spiro atoms. The number of thiophene rings is 1. The van der Waals surface area contributed by atoms with E-state index in [9.17, 15) is 8.42 Å². The summed E-state index contributed by atoms with van der Waals surface area (Å²) in [6.45, 7) is 7.37. The van der Waals surface area contributed by atoms with E-state index >= 15 is 0 Å². The number of nitrogens with zero attached hydrogens (tertiary/aromatic N) is 1. The SMILES string of the molecule is CCCNCc1ccc(S(=O)(=O)N2CCCC(C)CC2)s1. The highest BCUT2D eigenvalue weighted by atomic mass is 32.2. The molecular formula is C15H26N2O2S2. The van der Waals surface area contributed by atoms with Crippen LogP contribution in [0.25, 0.3) is 0 Å². The predicted octanol–water partition coefficient (Wildman–Crippen LogP) is 3.06. The Morgan fingerprint density at radius 1 is 1.33 bits per heavy atom. The fraction of sp³-hybridized carbons (Fsp3) is 0.733. The minimum Gasteiger partial charge on any atom is -0.312 e. The minimum absolute atomic E-state index is 0.491. The molecule has 0 aliphatic carbocycles. The monoisotopic (exact) mass is 330 g/mol. The Kier molecular flexibility index (Phi) is 6.22. The van der Waals surface area contributed by atoms with Gasteiger partial charge in [0.05, 0.1) is 0 Å². The lowest BCUT2D eigenvalue weighted by Crippen LogP contribution is -2.31. The summed E-state index contributed by atoms with van der Waals surface area (Å²) in [7, 11) is -3.29. The average molecular weight is 331 g/mol. The van der Waals surface area contributed by atoms with E-state index in [-0.39, 0.29) is 0 Å². The van der Waals surface area contributed by atoms with E-state index in [1.807, 2.05) is 6.07 Å². The molecular weight excluding hydrogens is 304 g/mol. The minimum atomic E-state index is -3.29. The zero-order valence-corrected chi connectivity index (χ0v) is 14.6. The van der Waals surface area contributed by atoms with Crippen LogP contribution in [0.15, 0.2) is 16.3 Å². The van der Waals surface area contributed by atoms with Gasteiger partial charge >= 0.3 is 0 Å². The number of sulfonamides is 1. The number of hydrogen-bond donors (Lipinski definition) is 1. The zero-order valence-electron chi connectivity index (χ0n) is 13.0. The van der Waals surface area contributed by atoms with Gasteiger partial charge in [0.1, 0.15) is 4.21 Å². The molecule has 2 heterocycles. The molecule has 4 nitrogen and oxygen atoms in total. The van der Waals surface area contributed by atoms with Gasteiger partial charge in [-0.05, 0) is 50.3 Å². The van der Waals surface area contributed by atoms with Crippen LogP contribution in [0.2, 0.25) is 0 Å². The molecule has 1 unspecified atom stereocenters. The van der Waals surface area contributed by atoms with Crippen molar-refractivity contribution < 1.29 is 8.42 Å². The van der Waals surface area contributed by atoms with E-state index < -0.39 is 10.0 Å². The Bertz CT molecular complexity index is 540. The lowest BCUT2D eigenvalue weighted by Gasteiger charge is -2.18. The Morgan fingerprint density at radius 2 is 2.14 bits per heavy atom. The van der Waals surface area contributed by atoms with Crippen molar-refractivity contribution in [2.45, 2.75) is 50.3 Å². The van der Waals surface area contributed by atoms with Gasteiger partial charge in [0.2, 0.25) is 0 Å². The third-order valence-electron chi connectivity index (χ3n) is 3.93. The van der Waals surface area contributed by atoms with Crippen molar-refractivity contribution in [3.63, 3.8) is 0 Å². The number of rotatable bonds is 6. The standard InChI is InChI=1S/C15H26N2O2S2/c1-3-9-16-12-14-6-7-15(20-14)21(18,19)17-10-4-5-13(2)8-11-17/h6-7,13,16H,3-5,8-12H2,1-2H3. The smallest absolute Gasteiger partial charge is 0.252 e. The normalized spacial score (nSPS) is 21.3. The molecule has 1 aromatic rings. The number of hydrogen-bond acceptors (Lipinski definition) is 4. The van der Waals surface area contributed by atoms with E-state index in [2.05, 4.69) is 19.2 Å². The molecule has 0 radical (unpaired) electrons. The van der Waals surface area contributed by atoms with Crippen molar-refractivity contribution in [3.05, 3.63) is 17.0 Å². The molecule has 1 aliphatic heterocycles. The van der Waals surface area contributed by atoms with Gasteiger partial charge in [-0.15, -0.1) is 11.3 Å². The molecule has 0 aromatic carbocycles. The first-order valence-electron chi connectivity index (χ1n) is 7.83. The second-order valence-corrected chi connectivity index (χ2v) is 9.17. The van der Waals surface area contributed by atoms with Crippen molar-refractivity contribution in [2.24, 2.45) is 5.92 Å². The van der Waals surface area contributed by atoms with E-state index in [1.54, 1.807) is 10.4 Å². The van der Waals surface area contributed by atoms with Crippen LogP contribution in [0.4, 0.5) is 0 Å². The van der Waals surface area contributed by atoms with E-state index in [0.29, 0.717) is 23.2 Å². The van der Waals surface area contributed by atoms with Gasteiger partial charge in [-0.1, -0.05) is 13.8 Å². The quantitative estimate of drug-likeness (QED) is 0.816. The molecule has 6 heteroatoms. The molecule has 2 rings (SSSR count). The maximum absolute atomic E-state index is 12.7. The summed E-state index contributed by atoms with van der Waals surface area (Å²) in [4.78, 5) is 1.09. The van der Waals surface area contributed by atoms with Crippen molar-refractivity contribution >= 4 is 21.4 Å². The van der Waals surface area contributed by atoms with Gasteiger partial charge in [-0.2, -0.15) is 4.31 Å². The average Bonchev–Trinajstić information content (AvgIpc) is 2.81. The van der Waals surface area contributed by atoms with Gasteiger partial charge in [-0.25, -0.2) is 8.42 Å². The fourth-order valence-electron chi connectivity index (χ4n) is 2.58. The summed E-state index contributed by atoms with van der Waals surface area (Å²) in [6, 6.07) is 3.69. The van der Waals surface area contributed by atoms with Gasteiger partial charge in [-0.3, -0.25) is 0 Å². The maximum Gasteiger partial charge on any atom is 0.252 e. The predicted molar refractivity (Wildman–Crippen MR) is 88.1 cm³/mol. The van der Waals surface area contributed by atoms with Crippen LogP contribution in [-0.2, 0) is 16.6 Å². The topological polar surface area (TPSA) is 49.4 Å². The van der Waals surface area contributed by atoms with Crippen LogP contribution < -0.4 is 5.32 Å².